The van der Waals surface area contributed by atoms with E-state index in [0.717, 1.165) is 18.7 Å². The van der Waals surface area contributed by atoms with E-state index >= 15 is 0 Å². The third-order valence-corrected chi connectivity index (χ3v) is 2.82. The van der Waals surface area contributed by atoms with Crippen LogP contribution in [0, 0.1) is 6.92 Å². The number of carbonyl (C=O) groups excluding carboxylic acids is 1. The van der Waals surface area contributed by atoms with Crippen molar-refractivity contribution in [2.24, 2.45) is 0 Å². The third-order valence-electron chi connectivity index (χ3n) is 2.82. The Balaban J connectivity index is 2.59. The molecule has 0 aliphatic heterocycles. The van der Waals surface area contributed by atoms with Crippen LogP contribution in [0.4, 0.5) is 0 Å². The number of nitrogens with one attached hydrogen (secondary N) is 1. The van der Waals surface area contributed by atoms with Gasteiger partial charge in [0, 0.05) is 19.2 Å². The van der Waals surface area contributed by atoms with Gasteiger partial charge in [0.1, 0.15) is 0 Å². The molecular formula is C14H23N3O. The van der Waals surface area contributed by atoms with Crippen molar-refractivity contribution in [3.8, 4) is 0 Å². The van der Waals surface area contributed by atoms with Crippen molar-refractivity contribution in [1.82, 2.24) is 15.2 Å². The van der Waals surface area contributed by atoms with Crippen molar-refractivity contribution in [3.05, 3.63) is 29.6 Å². The van der Waals surface area contributed by atoms with Gasteiger partial charge >= 0.3 is 0 Å². The molecule has 0 bridgehead atoms. The lowest BCUT2D eigenvalue weighted by Crippen LogP contribution is -2.31. The molecule has 0 aromatic carbocycles. The molecular weight excluding hydrogens is 226 g/mol. The molecule has 4 heteroatoms. The predicted molar refractivity (Wildman–Crippen MR) is 73.3 cm³/mol. The number of hydrogen-bond donors (Lipinski definition) is 1. The summed E-state index contributed by atoms with van der Waals surface area (Å²) in [6, 6.07) is 4.00. The molecule has 0 unspecified atom stereocenters. The van der Waals surface area contributed by atoms with Gasteiger partial charge < -0.3 is 10.2 Å². The SMILES string of the molecule is CC[C@H](NC(=O)CCN(C)C)c1cc(C)ccn1. The zero-order valence-electron chi connectivity index (χ0n) is 11.7. The van der Waals surface area contributed by atoms with Crippen molar-refractivity contribution in [3.63, 3.8) is 0 Å². The van der Waals surface area contributed by atoms with Gasteiger partial charge in [0.05, 0.1) is 11.7 Å². The molecule has 18 heavy (non-hydrogen) atoms. The highest BCUT2D eigenvalue weighted by Gasteiger charge is 2.13. The topological polar surface area (TPSA) is 45.2 Å². The number of pyridine rings is 1. The van der Waals surface area contributed by atoms with Crippen molar-refractivity contribution >= 4 is 5.91 Å². The highest BCUT2D eigenvalue weighted by molar-refractivity contribution is 5.76. The molecule has 0 saturated heterocycles. The van der Waals surface area contributed by atoms with Gasteiger partial charge in [0.25, 0.3) is 0 Å². The number of nitrogens with zero attached hydrogens (tertiary/aromatic N) is 2. The first-order valence-electron chi connectivity index (χ1n) is 6.39. The molecule has 1 rings (SSSR count). The van der Waals surface area contributed by atoms with Crippen LogP contribution in [0.3, 0.4) is 0 Å². The number of amides is 1. The van der Waals surface area contributed by atoms with Crippen molar-refractivity contribution in [2.75, 3.05) is 20.6 Å². The molecule has 1 heterocycles. The molecule has 0 spiro atoms. The third kappa shape index (κ3) is 4.84. The summed E-state index contributed by atoms with van der Waals surface area (Å²) in [5.74, 6) is 0.0823. The second kappa shape index (κ2) is 7.11. The minimum Gasteiger partial charge on any atom is -0.348 e. The molecule has 1 atom stereocenters. The highest BCUT2D eigenvalue weighted by atomic mass is 16.1. The van der Waals surface area contributed by atoms with Gasteiger partial charge in [-0.15, -0.1) is 0 Å². The number of hydrogen-bond acceptors (Lipinski definition) is 3. The van der Waals surface area contributed by atoms with Gasteiger partial charge in [-0.2, -0.15) is 0 Å². The van der Waals surface area contributed by atoms with Crippen molar-refractivity contribution in [2.45, 2.75) is 32.7 Å². The van der Waals surface area contributed by atoms with Crippen molar-refractivity contribution in [1.29, 1.82) is 0 Å². The molecule has 1 amide bonds. The summed E-state index contributed by atoms with van der Waals surface area (Å²) in [6.45, 7) is 4.86. The Bertz CT molecular complexity index is 390. The molecule has 1 aromatic heterocycles. The van der Waals surface area contributed by atoms with E-state index in [-0.39, 0.29) is 11.9 Å². The molecule has 4 nitrogen and oxygen atoms in total. The Kier molecular flexibility index (Phi) is 5.78. The summed E-state index contributed by atoms with van der Waals surface area (Å²) >= 11 is 0. The molecule has 1 N–H and O–H groups in total. The average Bonchev–Trinajstić information content (AvgIpc) is 2.33. The lowest BCUT2D eigenvalue weighted by molar-refractivity contribution is -0.122. The van der Waals surface area contributed by atoms with Gasteiger partial charge in [-0.1, -0.05) is 6.92 Å². The van der Waals surface area contributed by atoms with E-state index in [0.29, 0.717) is 6.42 Å². The van der Waals surface area contributed by atoms with Crippen molar-refractivity contribution < 1.29 is 4.79 Å². The molecule has 1 aromatic rings. The number of aromatic nitrogens is 1. The molecule has 0 aliphatic rings. The van der Waals surface area contributed by atoms with E-state index < -0.39 is 0 Å². The highest BCUT2D eigenvalue weighted by Crippen LogP contribution is 2.15. The Hall–Kier alpha value is -1.42. The van der Waals surface area contributed by atoms with Gasteiger partial charge in [-0.3, -0.25) is 9.78 Å². The molecule has 0 fully saturated rings. The summed E-state index contributed by atoms with van der Waals surface area (Å²) in [5, 5.41) is 3.04. The van der Waals surface area contributed by atoms with Crippen LogP contribution >= 0.6 is 0 Å². The normalized spacial score (nSPS) is 12.5. The fraction of sp³-hybridized carbons (Fsp3) is 0.571. The Morgan fingerprint density at radius 2 is 2.22 bits per heavy atom. The van der Waals surface area contributed by atoms with Crippen LogP contribution in [0.5, 0.6) is 0 Å². The monoisotopic (exact) mass is 249 g/mol. The van der Waals surface area contributed by atoms with Crippen LogP contribution in [0.15, 0.2) is 18.3 Å². The summed E-state index contributed by atoms with van der Waals surface area (Å²) in [6.07, 6.45) is 3.17. The first kappa shape index (κ1) is 14.6. The fourth-order valence-corrected chi connectivity index (χ4v) is 1.73. The lowest BCUT2D eigenvalue weighted by Gasteiger charge is -2.17. The summed E-state index contributed by atoms with van der Waals surface area (Å²) in [7, 11) is 3.93. The second-order valence-electron chi connectivity index (χ2n) is 4.84. The first-order valence-corrected chi connectivity index (χ1v) is 6.39. The standard InChI is InChI=1S/C14H23N3O/c1-5-12(13-10-11(2)6-8-15-13)16-14(18)7-9-17(3)4/h6,8,10,12H,5,7,9H2,1-4H3,(H,16,18)/t12-/m0/s1. The summed E-state index contributed by atoms with van der Waals surface area (Å²) < 4.78 is 0. The van der Waals surface area contributed by atoms with Crippen LogP contribution in [0.2, 0.25) is 0 Å². The predicted octanol–water partition coefficient (Wildman–Crippen LogP) is 1.91. The summed E-state index contributed by atoms with van der Waals surface area (Å²) in [5.41, 5.74) is 2.11. The van der Waals surface area contributed by atoms with E-state index in [1.165, 1.54) is 5.56 Å². The van der Waals surface area contributed by atoms with Gasteiger partial charge in [0.15, 0.2) is 0 Å². The zero-order valence-corrected chi connectivity index (χ0v) is 11.7. The Morgan fingerprint density at radius 3 is 2.78 bits per heavy atom. The Labute approximate surface area is 109 Å². The minimum atomic E-state index is 0.0135. The lowest BCUT2D eigenvalue weighted by atomic mass is 10.1. The zero-order chi connectivity index (χ0) is 13.5. The number of aryl methyl sites for hydroxylation is 1. The summed E-state index contributed by atoms with van der Waals surface area (Å²) in [4.78, 5) is 18.1. The van der Waals surface area contributed by atoms with E-state index in [1.54, 1.807) is 6.20 Å². The van der Waals surface area contributed by atoms with Gasteiger partial charge in [0.2, 0.25) is 5.91 Å². The van der Waals surface area contributed by atoms with Crippen LogP contribution in [0.25, 0.3) is 0 Å². The molecule has 0 aliphatic carbocycles. The smallest absolute Gasteiger partial charge is 0.221 e. The van der Waals surface area contributed by atoms with Crippen LogP contribution in [0.1, 0.15) is 37.1 Å². The quantitative estimate of drug-likeness (QED) is 0.837. The Morgan fingerprint density at radius 1 is 1.50 bits per heavy atom. The van der Waals surface area contributed by atoms with Gasteiger partial charge in [-0.25, -0.2) is 0 Å². The molecule has 0 saturated carbocycles. The van der Waals surface area contributed by atoms with E-state index in [2.05, 4.69) is 17.2 Å². The van der Waals surface area contributed by atoms with E-state index in [1.807, 2.05) is 38.1 Å². The average molecular weight is 249 g/mol. The first-order chi connectivity index (χ1) is 8.52. The van der Waals surface area contributed by atoms with Gasteiger partial charge in [-0.05, 0) is 45.1 Å². The maximum Gasteiger partial charge on any atom is 0.221 e. The largest absolute Gasteiger partial charge is 0.348 e. The van der Waals surface area contributed by atoms with Crippen LogP contribution in [-0.4, -0.2) is 36.4 Å². The molecule has 0 radical (unpaired) electrons. The van der Waals surface area contributed by atoms with E-state index in [4.69, 9.17) is 0 Å². The minimum absolute atomic E-state index is 0.0135. The van der Waals surface area contributed by atoms with Crippen LogP contribution < -0.4 is 5.32 Å². The second-order valence-corrected chi connectivity index (χ2v) is 4.84. The number of carbonyl (C=O) groups is 1. The van der Waals surface area contributed by atoms with E-state index in [9.17, 15) is 4.79 Å². The van der Waals surface area contributed by atoms with Crippen LogP contribution in [-0.2, 0) is 4.79 Å². The maximum atomic E-state index is 11.8. The maximum absolute atomic E-state index is 11.8. The fourth-order valence-electron chi connectivity index (χ4n) is 1.73. The number of rotatable bonds is 6. The molecule has 100 valence electrons.